The number of aromatic nitrogens is 7. The molecule has 0 radical (unpaired) electrons. The van der Waals surface area contributed by atoms with Gasteiger partial charge in [0.25, 0.3) is 0 Å². The Hall–Kier alpha value is -3.00. The highest BCUT2D eigenvalue weighted by atomic mass is 32.1. The van der Waals surface area contributed by atoms with E-state index in [2.05, 4.69) is 51.6 Å². The van der Waals surface area contributed by atoms with E-state index in [9.17, 15) is 0 Å². The summed E-state index contributed by atoms with van der Waals surface area (Å²) in [6.07, 6.45) is 3.77. The minimum atomic E-state index is 0.522. The minimum Gasteiger partial charge on any atom is -0.266 e. The monoisotopic (exact) mass is 365 g/mol. The lowest BCUT2D eigenvalue weighted by atomic mass is 10.1. The number of benzene rings is 1. The molecule has 0 atom stereocenters. The summed E-state index contributed by atoms with van der Waals surface area (Å²) >= 11 is 5.44. The first-order chi connectivity index (χ1) is 12.5. The smallest absolute Gasteiger partial charge is 0.200 e. The third-order valence-corrected chi connectivity index (χ3v) is 4.52. The molecule has 3 heterocycles. The third-order valence-electron chi connectivity index (χ3n) is 4.25. The van der Waals surface area contributed by atoms with E-state index in [0.717, 1.165) is 17.1 Å². The predicted octanol–water partition coefficient (Wildman–Crippen LogP) is 3.19. The molecule has 0 saturated heterocycles. The Labute approximate surface area is 155 Å². The van der Waals surface area contributed by atoms with E-state index >= 15 is 0 Å². The van der Waals surface area contributed by atoms with Gasteiger partial charge in [-0.15, -0.1) is 0 Å². The van der Waals surface area contributed by atoms with Crippen molar-refractivity contribution in [3.05, 3.63) is 64.3 Å². The van der Waals surface area contributed by atoms with Crippen LogP contribution in [-0.4, -0.2) is 34.3 Å². The van der Waals surface area contributed by atoms with Crippen LogP contribution < -0.4 is 0 Å². The zero-order valence-electron chi connectivity index (χ0n) is 14.8. The van der Waals surface area contributed by atoms with Crippen LogP contribution in [0, 0.1) is 18.6 Å². The quantitative estimate of drug-likeness (QED) is 0.564. The first kappa shape index (κ1) is 16.5. The second-order valence-corrected chi connectivity index (χ2v) is 6.75. The molecule has 0 saturated carbocycles. The number of hydrogen-bond acceptors (Lipinski definition) is 4. The summed E-state index contributed by atoms with van der Waals surface area (Å²) in [6.45, 7) is 4.73. The van der Waals surface area contributed by atoms with Crippen molar-refractivity contribution in [3.63, 3.8) is 0 Å². The number of hydrogen-bond donors (Lipinski definition) is 1. The maximum absolute atomic E-state index is 5.44. The van der Waals surface area contributed by atoms with Gasteiger partial charge in [-0.3, -0.25) is 19.0 Å². The number of H-pyrrole nitrogens is 1. The molecule has 0 aliphatic carbocycles. The Bertz CT molecular complexity index is 1110. The van der Waals surface area contributed by atoms with Gasteiger partial charge < -0.3 is 0 Å². The Balaban J connectivity index is 1.70. The lowest BCUT2D eigenvalue weighted by Gasteiger charge is -2.04. The van der Waals surface area contributed by atoms with E-state index in [4.69, 9.17) is 12.2 Å². The van der Waals surface area contributed by atoms with E-state index in [1.807, 2.05) is 35.5 Å². The largest absolute Gasteiger partial charge is 0.266 e. The van der Waals surface area contributed by atoms with Crippen molar-refractivity contribution in [2.75, 3.05) is 0 Å². The molecule has 0 amide bonds. The Kier molecular flexibility index (Phi) is 4.04. The summed E-state index contributed by atoms with van der Waals surface area (Å²) in [5.41, 5.74) is 5.13. The first-order valence-electron chi connectivity index (χ1n) is 8.28. The van der Waals surface area contributed by atoms with Crippen molar-refractivity contribution >= 4 is 12.2 Å². The van der Waals surface area contributed by atoms with Crippen LogP contribution in [0.4, 0.5) is 0 Å². The van der Waals surface area contributed by atoms with Crippen LogP contribution in [0.3, 0.4) is 0 Å². The van der Waals surface area contributed by atoms with Crippen molar-refractivity contribution in [1.82, 2.24) is 34.3 Å². The van der Waals surface area contributed by atoms with E-state index in [1.54, 1.807) is 10.9 Å². The molecule has 0 aliphatic heterocycles. The van der Waals surface area contributed by atoms with Gasteiger partial charge >= 0.3 is 0 Å². The van der Waals surface area contributed by atoms with Gasteiger partial charge in [-0.1, -0.05) is 29.8 Å². The van der Waals surface area contributed by atoms with Crippen LogP contribution in [-0.2, 0) is 13.6 Å². The summed E-state index contributed by atoms with van der Waals surface area (Å²) in [4.78, 5) is 0. The fourth-order valence-electron chi connectivity index (χ4n) is 2.96. The topological polar surface area (TPSA) is 69.2 Å². The molecular formula is C18H19N7S. The van der Waals surface area contributed by atoms with Crippen LogP contribution in [0.15, 0.2) is 42.7 Å². The number of aromatic amines is 1. The van der Waals surface area contributed by atoms with Crippen LogP contribution in [0.5, 0.6) is 0 Å². The number of rotatable bonds is 4. The second kappa shape index (κ2) is 6.38. The van der Waals surface area contributed by atoms with Crippen LogP contribution >= 0.6 is 12.2 Å². The van der Waals surface area contributed by atoms with Gasteiger partial charge in [0.2, 0.25) is 0 Å². The fraction of sp³-hybridized carbons (Fsp3) is 0.222. The van der Waals surface area contributed by atoms with Gasteiger partial charge in [0, 0.05) is 13.2 Å². The van der Waals surface area contributed by atoms with Crippen LogP contribution in [0.2, 0.25) is 0 Å². The highest BCUT2D eigenvalue weighted by Gasteiger charge is 2.16. The Morgan fingerprint density at radius 3 is 2.62 bits per heavy atom. The normalized spacial score (nSPS) is 11.2. The summed E-state index contributed by atoms with van der Waals surface area (Å²) in [6, 6.07) is 10.4. The molecule has 1 aromatic carbocycles. The molecule has 4 rings (SSSR count). The zero-order valence-corrected chi connectivity index (χ0v) is 15.7. The summed E-state index contributed by atoms with van der Waals surface area (Å²) in [5.74, 6) is 0.716. The molecule has 0 bridgehead atoms. The Morgan fingerprint density at radius 2 is 1.92 bits per heavy atom. The van der Waals surface area contributed by atoms with E-state index in [1.165, 1.54) is 11.1 Å². The maximum Gasteiger partial charge on any atom is 0.200 e. The van der Waals surface area contributed by atoms with Crippen molar-refractivity contribution < 1.29 is 0 Å². The number of aryl methyl sites for hydroxylation is 3. The molecule has 0 unspecified atom stereocenters. The van der Waals surface area contributed by atoms with Crippen molar-refractivity contribution in [2.45, 2.75) is 20.4 Å². The standard InChI is InChI=1S/C18H19N7S/c1-12-4-6-14(7-5-12)10-24-11-15(9-19-24)25-17(20-21-18(25)26)16-8-13(2)22-23(16)3/h4-9,11H,10H2,1-3H3,(H,21,26). The molecule has 0 spiro atoms. The highest BCUT2D eigenvalue weighted by Crippen LogP contribution is 2.21. The molecule has 0 fully saturated rings. The van der Waals surface area contributed by atoms with Crippen molar-refractivity contribution in [1.29, 1.82) is 0 Å². The molecule has 4 aromatic rings. The highest BCUT2D eigenvalue weighted by molar-refractivity contribution is 7.71. The Morgan fingerprint density at radius 1 is 1.15 bits per heavy atom. The van der Waals surface area contributed by atoms with Crippen LogP contribution in [0.1, 0.15) is 16.8 Å². The lowest BCUT2D eigenvalue weighted by Crippen LogP contribution is -2.02. The van der Waals surface area contributed by atoms with Gasteiger partial charge in [-0.25, -0.2) is 0 Å². The van der Waals surface area contributed by atoms with Gasteiger partial charge in [0.15, 0.2) is 10.6 Å². The van der Waals surface area contributed by atoms with Gasteiger partial charge in [-0.2, -0.15) is 15.3 Å². The van der Waals surface area contributed by atoms with Crippen molar-refractivity contribution in [3.8, 4) is 17.2 Å². The first-order valence-corrected chi connectivity index (χ1v) is 8.69. The van der Waals surface area contributed by atoms with Gasteiger partial charge in [-0.05, 0) is 37.7 Å². The molecular weight excluding hydrogens is 346 g/mol. The third kappa shape index (κ3) is 2.99. The molecule has 26 heavy (non-hydrogen) atoms. The van der Waals surface area contributed by atoms with Crippen molar-refractivity contribution in [2.24, 2.45) is 7.05 Å². The zero-order chi connectivity index (χ0) is 18.3. The fourth-order valence-corrected chi connectivity index (χ4v) is 3.20. The van der Waals surface area contributed by atoms with E-state index in [0.29, 0.717) is 17.1 Å². The number of nitrogens with one attached hydrogen (secondary N) is 1. The maximum atomic E-state index is 5.44. The molecule has 7 nitrogen and oxygen atoms in total. The second-order valence-electron chi connectivity index (χ2n) is 6.36. The SMILES string of the molecule is Cc1ccc(Cn2cc(-n3c(-c4cc(C)nn4C)n[nH]c3=S)cn2)cc1. The predicted molar refractivity (Wildman–Crippen MR) is 102 cm³/mol. The molecule has 8 heteroatoms. The minimum absolute atomic E-state index is 0.522. The molecule has 0 aliphatic rings. The van der Waals surface area contributed by atoms with Gasteiger partial charge in [0.1, 0.15) is 5.69 Å². The molecule has 132 valence electrons. The average Bonchev–Trinajstić information content (AvgIpc) is 3.28. The van der Waals surface area contributed by atoms with Crippen LogP contribution in [0.25, 0.3) is 17.2 Å². The molecule has 3 aromatic heterocycles. The van der Waals surface area contributed by atoms with E-state index < -0.39 is 0 Å². The lowest BCUT2D eigenvalue weighted by molar-refractivity contribution is 0.686. The summed E-state index contributed by atoms with van der Waals surface area (Å²) < 4.78 is 6.10. The van der Waals surface area contributed by atoms with Gasteiger partial charge in [0.05, 0.1) is 24.1 Å². The van der Waals surface area contributed by atoms with E-state index in [-0.39, 0.29) is 0 Å². The summed E-state index contributed by atoms with van der Waals surface area (Å²) in [7, 11) is 1.89. The number of nitrogens with zero attached hydrogens (tertiary/aromatic N) is 6. The average molecular weight is 365 g/mol. The molecule has 1 N–H and O–H groups in total. The summed E-state index contributed by atoms with van der Waals surface area (Å²) in [5, 5.41) is 16.1.